The van der Waals surface area contributed by atoms with Crippen molar-refractivity contribution in [3.05, 3.63) is 64.7 Å². The first kappa shape index (κ1) is 18.7. The molecule has 28 heavy (non-hydrogen) atoms. The standard InChI is InChI=1S/C20H19ClF2N4O/c21-14-3-1-4-15(13-14)25-9-11-26(12-10-25)20-24-7-8-27(20)19(28)18-16(22)5-2-6-17(18)23/h1-6,13H,7-12H2. The molecule has 146 valence electrons. The van der Waals surface area contributed by atoms with Gasteiger partial charge in [-0.25, -0.2) is 8.78 Å². The Kier molecular flexibility index (Phi) is 5.17. The number of anilines is 1. The van der Waals surface area contributed by atoms with Crippen LogP contribution in [0.3, 0.4) is 0 Å². The third kappa shape index (κ3) is 3.54. The maximum Gasteiger partial charge on any atom is 0.266 e. The first-order chi connectivity index (χ1) is 13.5. The average molecular weight is 405 g/mol. The predicted octanol–water partition coefficient (Wildman–Crippen LogP) is 3.25. The van der Waals surface area contributed by atoms with Crippen molar-refractivity contribution in [1.29, 1.82) is 0 Å². The van der Waals surface area contributed by atoms with Crippen molar-refractivity contribution in [2.24, 2.45) is 4.99 Å². The minimum atomic E-state index is -0.859. The molecule has 2 aromatic rings. The van der Waals surface area contributed by atoms with Crippen LogP contribution < -0.4 is 4.90 Å². The predicted molar refractivity (Wildman–Crippen MR) is 105 cm³/mol. The summed E-state index contributed by atoms with van der Waals surface area (Å²) >= 11 is 6.07. The highest BCUT2D eigenvalue weighted by Gasteiger charge is 2.33. The van der Waals surface area contributed by atoms with E-state index in [2.05, 4.69) is 9.89 Å². The Morgan fingerprint density at radius 2 is 1.57 bits per heavy atom. The molecule has 0 bridgehead atoms. The summed E-state index contributed by atoms with van der Waals surface area (Å²) < 4.78 is 28.1. The van der Waals surface area contributed by atoms with Gasteiger partial charge in [-0.2, -0.15) is 0 Å². The summed E-state index contributed by atoms with van der Waals surface area (Å²) in [6, 6.07) is 11.1. The molecule has 5 nitrogen and oxygen atoms in total. The van der Waals surface area contributed by atoms with E-state index in [-0.39, 0.29) is 0 Å². The van der Waals surface area contributed by atoms with Gasteiger partial charge in [0.2, 0.25) is 5.96 Å². The summed E-state index contributed by atoms with van der Waals surface area (Å²) in [4.78, 5) is 22.8. The Bertz CT molecular complexity index is 908. The van der Waals surface area contributed by atoms with E-state index in [1.54, 1.807) is 0 Å². The second kappa shape index (κ2) is 7.75. The summed E-state index contributed by atoms with van der Waals surface area (Å²) in [5.74, 6) is -1.92. The van der Waals surface area contributed by atoms with Gasteiger partial charge in [0.25, 0.3) is 5.91 Å². The molecule has 0 unspecified atom stereocenters. The van der Waals surface area contributed by atoms with Crippen LogP contribution in [0.15, 0.2) is 47.5 Å². The van der Waals surface area contributed by atoms with Gasteiger partial charge in [-0.15, -0.1) is 0 Å². The van der Waals surface area contributed by atoms with Crippen LogP contribution in [0, 0.1) is 11.6 Å². The van der Waals surface area contributed by atoms with Crippen LogP contribution in [-0.4, -0.2) is 60.9 Å². The molecule has 2 aliphatic rings. The molecule has 1 fully saturated rings. The smallest absolute Gasteiger partial charge is 0.266 e. The van der Waals surface area contributed by atoms with Gasteiger partial charge in [0.15, 0.2) is 0 Å². The lowest BCUT2D eigenvalue weighted by atomic mass is 10.1. The first-order valence-corrected chi connectivity index (χ1v) is 9.48. The van der Waals surface area contributed by atoms with Crippen molar-refractivity contribution in [2.45, 2.75) is 0 Å². The zero-order valence-electron chi connectivity index (χ0n) is 15.1. The number of nitrogens with zero attached hydrogens (tertiary/aromatic N) is 4. The number of guanidine groups is 1. The second-order valence-electron chi connectivity index (χ2n) is 6.69. The highest BCUT2D eigenvalue weighted by Crippen LogP contribution is 2.22. The number of carbonyl (C=O) groups excluding carboxylic acids is 1. The van der Waals surface area contributed by atoms with E-state index in [1.807, 2.05) is 29.2 Å². The lowest BCUT2D eigenvalue weighted by Crippen LogP contribution is -2.53. The Labute approximate surface area is 166 Å². The number of amides is 1. The van der Waals surface area contributed by atoms with Crippen molar-refractivity contribution < 1.29 is 13.6 Å². The van der Waals surface area contributed by atoms with Crippen molar-refractivity contribution in [3.63, 3.8) is 0 Å². The molecule has 2 heterocycles. The van der Waals surface area contributed by atoms with Gasteiger partial charge in [-0.1, -0.05) is 23.7 Å². The zero-order chi connectivity index (χ0) is 19.7. The van der Waals surface area contributed by atoms with Gasteiger partial charge in [-0.3, -0.25) is 14.7 Å². The van der Waals surface area contributed by atoms with Crippen molar-refractivity contribution in [2.75, 3.05) is 44.2 Å². The third-order valence-electron chi connectivity index (χ3n) is 4.98. The van der Waals surface area contributed by atoms with E-state index in [1.165, 1.54) is 11.0 Å². The lowest BCUT2D eigenvalue weighted by molar-refractivity contribution is 0.0833. The number of halogens is 3. The number of hydrogen-bond donors (Lipinski definition) is 0. The van der Waals surface area contributed by atoms with Gasteiger partial charge in [0, 0.05) is 43.4 Å². The highest BCUT2D eigenvalue weighted by molar-refractivity contribution is 6.30. The molecule has 0 radical (unpaired) electrons. The Morgan fingerprint density at radius 1 is 0.929 bits per heavy atom. The zero-order valence-corrected chi connectivity index (χ0v) is 15.9. The van der Waals surface area contributed by atoms with Gasteiger partial charge in [0.05, 0.1) is 6.54 Å². The van der Waals surface area contributed by atoms with Crippen LogP contribution in [0.4, 0.5) is 14.5 Å². The Hall–Kier alpha value is -2.67. The fourth-order valence-corrected chi connectivity index (χ4v) is 3.76. The van der Waals surface area contributed by atoms with E-state index < -0.39 is 23.1 Å². The highest BCUT2D eigenvalue weighted by atomic mass is 35.5. The fourth-order valence-electron chi connectivity index (χ4n) is 3.57. The van der Waals surface area contributed by atoms with E-state index in [9.17, 15) is 13.6 Å². The van der Waals surface area contributed by atoms with Crippen LogP contribution in [0.2, 0.25) is 5.02 Å². The second-order valence-corrected chi connectivity index (χ2v) is 7.13. The molecule has 0 saturated carbocycles. The maximum atomic E-state index is 14.0. The monoisotopic (exact) mass is 404 g/mol. The van der Waals surface area contributed by atoms with Crippen molar-refractivity contribution in [1.82, 2.24) is 9.80 Å². The van der Waals surface area contributed by atoms with Crippen LogP contribution in [0.25, 0.3) is 0 Å². The van der Waals surface area contributed by atoms with E-state index >= 15 is 0 Å². The molecule has 2 aromatic carbocycles. The number of piperazine rings is 1. The molecule has 1 amide bonds. The van der Waals surface area contributed by atoms with Crippen molar-refractivity contribution >= 4 is 29.2 Å². The normalized spacial score (nSPS) is 17.1. The molecule has 1 saturated heterocycles. The van der Waals surface area contributed by atoms with E-state index in [0.29, 0.717) is 37.2 Å². The molecular formula is C20H19ClF2N4O. The summed E-state index contributed by atoms with van der Waals surface area (Å²) in [6.45, 7) is 3.50. The molecule has 4 rings (SSSR count). The number of aliphatic imine (C=N–C) groups is 1. The number of benzene rings is 2. The minimum Gasteiger partial charge on any atom is -0.368 e. The topological polar surface area (TPSA) is 39.2 Å². The lowest BCUT2D eigenvalue weighted by Gasteiger charge is -2.38. The van der Waals surface area contributed by atoms with Gasteiger partial charge in [0.1, 0.15) is 17.2 Å². The molecule has 0 aliphatic carbocycles. The Morgan fingerprint density at radius 3 is 2.25 bits per heavy atom. The molecule has 0 N–H and O–H groups in total. The van der Waals surface area contributed by atoms with E-state index in [4.69, 9.17) is 11.6 Å². The summed E-state index contributed by atoms with van der Waals surface area (Å²) in [7, 11) is 0. The van der Waals surface area contributed by atoms with E-state index in [0.717, 1.165) is 30.9 Å². The minimum absolute atomic E-state index is 0.316. The fraction of sp³-hybridized carbons (Fsp3) is 0.300. The number of rotatable bonds is 2. The van der Waals surface area contributed by atoms with Crippen molar-refractivity contribution in [3.8, 4) is 0 Å². The molecule has 0 aromatic heterocycles. The first-order valence-electron chi connectivity index (χ1n) is 9.10. The van der Waals surface area contributed by atoms with Crippen LogP contribution in [-0.2, 0) is 0 Å². The SMILES string of the molecule is O=C(c1c(F)cccc1F)N1CCN=C1N1CCN(c2cccc(Cl)c2)CC1. The van der Waals surface area contributed by atoms with Crippen LogP contribution in [0.5, 0.6) is 0 Å². The largest absolute Gasteiger partial charge is 0.368 e. The van der Waals surface area contributed by atoms with Gasteiger partial charge in [-0.05, 0) is 30.3 Å². The average Bonchev–Trinajstić information content (AvgIpc) is 3.18. The Balaban J connectivity index is 1.47. The molecule has 2 aliphatic heterocycles. The van der Waals surface area contributed by atoms with Gasteiger partial charge >= 0.3 is 0 Å². The molecule has 8 heteroatoms. The summed E-state index contributed by atoms with van der Waals surface area (Å²) in [5, 5.41) is 0.684. The quantitative estimate of drug-likeness (QED) is 0.771. The van der Waals surface area contributed by atoms with Gasteiger partial charge < -0.3 is 9.80 Å². The maximum absolute atomic E-state index is 14.0. The number of carbonyl (C=O) groups is 1. The third-order valence-corrected chi connectivity index (χ3v) is 5.21. The molecule has 0 spiro atoms. The summed E-state index contributed by atoms with van der Waals surface area (Å²) in [6.07, 6.45) is 0. The van der Waals surface area contributed by atoms with Crippen LogP contribution >= 0.6 is 11.6 Å². The summed E-state index contributed by atoms with van der Waals surface area (Å²) in [5.41, 5.74) is 0.511. The molecular weight excluding hydrogens is 386 g/mol. The van der Waals surface area contributed by atoms with Crippen LogP contribution in [0.1, 0.15) is 10.4 Å². The number of hydrogen-bond acceptors (Lipinski definition) is 4. The molecule has 0 atom stereocenters.